The monoisotopic (exact) mass is 494 g/mol. The fourth-order valence-corrected chi connectivity index (χ4v) is 4.97. The van der Waals surface area contributed by atoms with Gasteiger partial charge in [-0.3, -0.25) is 4.79 Å². The zero-order valence-electron chi connectivity index (χ0n) is 22.5. The van der Waals surface area contributed by atoms with E-state index < -0.39 is 5.82 Å². The van der Waals surface area contributed by atoms with E-state index in [1.807, 2.05) is 6.07 Å². The fraction of sp³-hybridized carbons (Fsp3) is 0.516. The van der Waals surface area contributed by atoms with Gasteiger partial charge in [-0.05, 0) is 105 Å². The second-order valence-electron chi connectivity index (χ2n) is 9.95. The van der Waals surface area contributed by atoms with Crippen LogP contribution in [0, 0.1) is 19.7 Å². The highest BCUT2D eigenvalue weighted by molar-refractivity contribution is 5.94. The van der Waals surface area contributed by atoms with Crippen LogP contribution < -0.4 is 10.6 Å². The van der Waals surface area contributed by atoms with E-state index in [9.17, 15) is 4.79 Å². The smallest absolute Gasteiger partial charge is 0.254 e. The maximum Gasteiger partial charge on any atom is 0.254 e. The Balaban J connectivity index is 1.82. The molecule has 0 aromatic heterocycles. The van der Waals surface area contributed by atoms with Crippen LogP contribution in [0.5, 0.6) is 0 Å². The van der Waals surface area contributed by atoms with Gasteiger partial charge in [-0.2, -0.15) is 0 Å². The van der Waals surface area contributed by atoms with E-state index in [-0.39, 0.29) is 23.4 Å². The highest BCUT2D eigenvalue weighted by Crippen LogP contribution is 2.33. The largest absolute Gasteiger partial charge is 0.391 e. The summed E-state index contributed by atoms with van der Waals surface area (Å²) in [5, 5.41) is 6.46. The zero-order chi connectivity index (χ0) is 25.9. The van der Waals surface area contributed by atoms with E-state index in [0.717, 1.165) is 57.2 Å². The lowest BCUT2D eigenvalue weighted by molar-refractivity contribution is 0.0861. The van der Waals surface area contributed by atoms with Crippen molar-refractivity contribution in [1.82, 2.24) is 10.6 Å². The van der Waals surface area contributed by atoms with Gasteiger partial charge < -0.3 is 15.4 Å². The van der Waals surface area contributed by atoms with Crippen molar-refractivity contribution < 1.29 is 13.9 Å². The predicted octanol–water partition coefficient (Wildman–Crippen LogP) is 6.75. The molecule has 2 aromatic rings. The van der Waals surface area contributed by atoms with Gasteiger partial charge in [0.1, 0.15) is 5.82 Å². The number of aryl methyl sites for hydroxylation is 1. The van der Waals surface area contributed by atoms with Crippen molar-refractivity contribution in [2.24, 2.45) is 0 Å². The van der Waals surface area contributed by atoms with Gasteiger partial charge in [0.15, 0.2) is 0 Å². The first kappa shape index (κ1) is 27.9. The Hall–Kier alpha value is -2.66. The van der Waals surface area contributed by atoms with Crippen LogP contribution in [-0.4, -0.2) is 31.7 Å². The van der Waals surface area contributed by atoms with E-state index in [1.54, 1.807) is 12.1 Å². The molecule has 0 bridgehead atoms. The van der Waals surface area contributed by atoms with Gasteiger partial charge in [0.2, 0.25) is 0 Å². The molecular formula is C31H43FN2O2. The van der Waals surface area contributed by atoms with E-state index in [0.29, 0.717) is 13.0 Å². The van der Waals surface area contributed by atoms with Crippen LogP contribution in [0.2, 0.25) is 0 Å². The molecule has 0 aliphatic carbocycles. The maximum absolute atomic E-state index is 15.2. The van der Waals surface area contributed by atoms with E-state index in [2.05, 4.69) is 62.7 Å². The average molecular weight is 495 g/mol. The Morgan fingerprint density at radius 2 is 1.97 bits per heavy atom. The molecule has 1 fully saturated rings. The Kier molecular flexibility index (Phi) is 11.0. The summed E-state index contributed by atoms with van der Waals surface area (Å²) >= 11 is 0. The first-order chi connectivity index (χ1) is 17.4. The molecule has 5 heteroatoms. The number of halogens is 1. The molecule has 0 spiro atoms. The predicted molar refractivity (Wildman–Crippen MR) is 146 cm³/mol. The number of benzene rings is 2. The lowest BCUT2D eigenvalue weighted by Gasteiger charge is -2.24. The molecular weight excluding hydrogens is 451 g/mol. The lowest BCUT2D eigenvalue weighted by atomic mass is 9.81. The van der Waals surface area contributed by atoms with Crippen LogP contribution in [0.4, 0.5) is 4.39 Å². The lowest BCUT2D eigenvalue weighted by Crippen LogP contribution is -2.37. The number of allylic oxidation sites excluding steroid dienone is 1. The van der Waals surface area contributed by atoms with Gasteiger partial charge in [0.25, 0.3) is 5.91 Å². The standard InChI is InChI=1S/C31H43FN2O2/c1-5-16-33-21-25(6-2)29(27-12-9-10-22(3)23(27)4)19-24-13-14-28(30(32)20-24)31(35)34-26-11-7-8-17-36-18-15-26/h9-10,12-14,20-21,26,29,33H,5-8,11,15-19H2,1-4H3,(H,34,35)/b25-21+. The number of amides is 1. The molecule has 0 saturated carbocycles. The van der Waals surface area contributed by atoms with Crippen LogP contribution in [-0.2, 0) is 11.2 Å². The van der Waals surface area contributed by atoms with Gasteiger partial charge >= 0.3 is 0 Å². The third-order valence-corrected chi connectivity index (χ3v) is 7.31. The van der Waals surface area contributed by atoms with Crippen molar-refractivity contribution in [1.29, 1.82) is 0 Å². The molecule has 1 amide bonds. The highest BCUT2D eigenvalue weighted by atomic mass is 19.1. The minimum atomic E-state index is -0.460. The number of nitrogens with one attached hydrogen (secondary N) is 2. The highest BCUT2D eigenvalue weighted by Gasteiger charge is 2.22. The van der Waals surface area contributed by atoms with Gasteiger partial charge in [-0.1, -0.05) is 38.1 Å². The Morgan fingerprint density at radius 1 is 1.14 bits per heavy atom. The first-order valence-corrected chi connectivity index (χ1v) is 13.6. The topological polar surface area (TPSA) is 50.4 Å². The molecule has 2 atom stereocenters. The fourth-order valence-electron chi connectivity index (χ4n) is 4.97. The summed E-state index contributed by atoms with van der Waals surface area (Å²) < 4.78 is 20.8. The third-order valence-electron chi connectivity index (χ3n) is 7.31. The molecule has 2 unspecified atom stereocenters. The Bertz CT molecular complexity index is 1030. The summed E-state index contributed by atoms with van der Waals surface area (Å²) in [6.45, 7) is 11.0. The normalized spacial score (nSPS) is 17.7. The number of rotatable bonds is 10. The molecule has 3 rings (SSSR count). The summed E-state index contributed by atoms with van der Waals surface area (Å²) in [7, 11) is 0. The Morgan fingerprint density at radius 3 is 2.72 bits per heavy atom. The van der Waals surface area contributed by atoms with Crippen LogP contribution in [0.1, 0.15) is 90.9 Å². The summed E-state index contributed by atoms with van der Waals surface area (Å²) in [4.78, 5) is 12.9. The van der Waals surface area contributed by atoms with Gasteiger partial charge in [0.05, 0.1) is 5.56 Å². The summed E-state index contributed by atoms with van der Waals surface area (Å²) in [6, 6.07) is 11.5. The molecule has 196 valence electrons. The van der Waals surface area contributed by atoms with Gasteiger partial charge in [0, 0.05) is 31.7 Å². The van der Waals surface area contributed by atoms with Crippen molar-refractivity contribution >= 4 is 5.91 Å². The Labute approximate surface area is 216 Å². The molecule has 1 aliphatic rings. The molecule has 36 heavy (non-hydrogen) atoms. The molecule has 2 aromatic carbocycles. The number of carbonyl (C=O) groups is 1. The quantitative estimate of drug-likeness (QED) is 0.359. The molecule has 0 radical (unpaired) electrons. The van der Waals surface area contributed by atoms with Crippen molar-refractivity contribution in [3.63, 3.8) is 0 Å². The van der Waals surface area contributed by atoms with Crippen LogP contribution in [0.25, 0.3) is 0 Å². The zero-order valence-corrected chi connectivity index (χ0v) is 22.5. The number of hydrogen-bond acceptors (Lipinski definition) is 3. The van der Waals surface area contributed by atoms with Crippen molar-refractivity contribution in [2.45, 2.75) is 84.6 Å². The number of carbonyl (C=O) groups excluding carboxylic acids is 1. The number of hydrogen-bond donors (Lipinski definition) is 2. The van der Waals surface area contributed by atoms with E-state index in [4.69, 9.17) is 4.74 Å². The van der Waals surface area contributed by atoms with Crippen molar-refractivity contribution in [2.75, 3.05) is 19.8 Å². The van der Waals surface area contributed by atoms with Crippen LogP contribution in [0.3, 0.4) is 0 Å². The van der Waals surface area contributed by atoms with Gasteiger partial charge in [-0.25, -0.2) is 4.39 Å². The number of ether oxygens (including phenoxy) is 1. The van der Waals surface area contributed by atoms with Crippen LogP contribution in [0.15, 0.2) is 48.2 Å². The second kappa shape index (κ2) is 14.2. The van der Waals surface area contributed by atoms with E-state index in [1.165, 1.54) is 22.3 Å². The van der Waals surface area contributed by atoms with Crippen LogP contribution >= 0.6 is 0 Å². The minimum absolute atomic E-state index is 0.0263. The van der Waals surface area contributed by atoms with E-state index >= 15 is 4.39 Å². The minimum Gasteiger partial charge on any atom is -0.391 e. The molecule has 1 aliphatic heterocycles. The van der Waals surface area contributed by atoms with Crippen molar-refractivity contribution in [3.05, 3.63) is 81.8 Å². The SMILES string of the molecule is CCCN/C=C(\CC)C(Cc1ccc(C(=O)NC2CCCCOCC2)c(F)c1)c1cccc(C)c1C. The second-order valence-corrected chi connectivity index (χ2v) is 9.95. The molecule has 1 heterocycles. The maximum atomic E-state index is 15.2. The van der Waals surface area contributed by atoms with Gasteiger partial charge in [-0.15, -0.1) is 0 Å². The molecule has 2 N–H and O–H groups in total. The summed E-state index contributed by atoms with van der Waals surface area (Å²) in [5.74, 6) is -0.667. The third kappa shape index (κ3) is 7.67. The molecule has 1 saturated heterocycles. The van der Waals surface area contributed by atoms with Crippen molar-refractivity contribution in [3.8, 4) is 0 Å². The first-order valence-electron chi connectivity index (χ1n) is 13.6. The molecule has 4 nitrogen and oxygen atoms in total. The summed E-state index contributed by atoms with van der Waals surface area (Å²) in [6.07, 6.45) is 8.47. The average Bonchev–Trinajstić information content (AvgIpc) is 2.84. The summed E-state index contributed by atoms with van der Waals surface area (Å²) in [5.41, 5.74) is 6.11.